The summed E-state index contributed by atoms with van der Waals surface area (Å²) in [7, 11) is -2.31. The highest BCUT2D eigenvalue weighted by Crippen LogP contribution is 2.32. The highest BCUT2D eigenvalue weighted by Gasteiger charge is 2.32. The molecule has 0 aliphatic rings. The first-order chi connectivity index (χ1) is 13.2. The lowest BCUT2D eigenvalue weighted by Gasteiger charge is -2.30. The van der Waals surface area contributed by atoms with Gasteiger partial charge >= 0.3 is 0 Å². The molecule has 1 atom stereocenters. The third kappa shape index (κ3) is 5.49. The fraction of sp³-hybridized carbons (Fsp3) is 0.438. The highest BCUT2D eigenvalue weighted by atomic mass is 35.5. The number of thioether (sulfide) groups is 1. The van der Waals surface area contributed by atoms with Crippen LogP contribution < -0.4 is 14.4 Å². The maximum absolute atomic E-state index is 12.8. The van der Waals surface area contributed by atoms with E-state index in [0.29, 0.717) is 10.9 Å². The van der Waals surface area contributed by atoms with Gasteiger partial charge in [-0.1, -0.05) is 48.5 Å². The number of benzene rings is 1. The Hall–Kier alpha value is -1.56. The Labute approximate surface area is 177 Å². The van der Waals surface area contributed by atoms with Gasteiger partial charge in [-0.2, -0.15) is 0 Å². The minimum absolute atomic E-state index is 0.245. The van der Waals surface area contributed by atoms with E-state index in [-0.39, 0.29) is 17.1 Å². The topological polar surface area (TPSA) is 101 Å². The molecule has 0 fully saturated rings. The molecule has 0 aliphatic carbocycles. The Bertz CT molecular complexity index is 936. The summed E-state index contributed by atoms with van der Waals surface area (Å²) in [5, 5.41) is 11.1. The maximum Gasteiger partial charge on any atom is 0.250 e. The summed E-state index contributed by atoms with van der Waals surface area (Å²) >= 11 is 8.90. The number of carbonyl (C=O) groups excluding carboxylic acids is 1. The molecule has 1 amide bonds. The average Bonchev–Trinajstić information content (AvgIpc) is 3.05. The molecule has 1 aromatic heterocycles. The maximum atomic E-state index is 12.8. The number of halogens is 1. The van der Waals surface area contributed by atoms with E-state index in [2.05, 4.69) is 15.5 Å². The number of ether oxygens (including phenoxy) is 1. The van der Waals surface area contributed by atoms with Gasteiger partial charge in [-0.15, -0.1) is 10.2 Å². The molecule has 0 radical (unpaired) electrons. The van der Waals surface area contributed by atoms with Crippen LogP contribution in [0.25, 0.3) is 0 Å². The zero-order valence-corrected chi connectivity index (χ0v) is 19.0. The van der Waals surface area contributed by atoms with Gasteiger partial charge in [0.2, 0.25) is 21.1 Å². The standard InChI is InChI=1S/C16H21ClN4O4S3/c1-5-12(14(22)18-15-19-20-16(27-15)26-6-2)21(28(4,23)24)10-7-8-13(25-3)11(17)9-10/h7-9,12H,5-6H2,1-4H3,(H,18,19,22)/t12-/m0/s1. The zero-order chi connectivity index (χ0) is 20.9. The molecule has 0 aliphatic heterocycles. The van der Waals surface area contributed by atoms with Gasteiger partial charge in [-0.05, 0) is 30.4 Å². The number of rotatable bonds is 9. The number of methoxy groups -OCH3 is 1. The first kappa shape index (κ1) is 22.7. The zero-order valence-electron chi connectivity index (χ0n) is 15.8. The SMILES string of the molecule is CCSc1nnc(NC(=O)[C@H](CC)N(c2ccc(OC)c(Cl)c2)S(C)(=O)=O)s1. The number of amides is 1. The summed E-state index contributed by atoms with van der Waals surface area (Å²) in [6, 6.07) is 3.58. The van der Waals surface area contributed by atoms with Gasteiger partial charge in [0.25, 0.3) is 0 Å². The number of hydrogen-bond donors (Lipinski definition) is 1. The lowest BCUT2D eigenvalue weighted by molar-refractivity contribution is -0.117. The smallest absolute Gasteiger partial charge is 0.250 e. The first-order valence-corrected chi connectivity index (χ1v) is 12.3. The molecule has 154 valence electrons. The summed E-state index contributed by atoms with van der Waals surface area (Å²) in [5.41, 5.74) is 0.273. The largest absolute Gasteiger partial charge is 0.495 e. The van der Waals surface area contributed by atoms with Gasteiger partial charge in [0, 0.05) is 0 Å². The van der Waals surface area contributed by atoms with Crippen LogP contribution in [0.4, 0.5) is 10.8 Å². The number of hydrogen-bond acceptors (Lipinski definition) is 8. The summed E-state index contributed by atoms with van der Waals surface area (Å²) in [5.74, 6) is 0.746. The molecule has 0 saturated carbocycles. The fourth-order valence-electron chi connectivity index (χ4n) is 2.48. The number of aromatic nitrogens is 2. The Morgan fingerprint density at radius 1 is 1.39 bits per heavy atom. The molecule has 0 unspecified atom stereocenters. The van der Waals surface area contributed by atoms with E-state index >= 15 is 0 Å². The van der Waals surface area contributed by atoms with Crippen LogP contribution in [0.2, 0.25) is 5.02 Å². The lowest BCUT2D eigenvalue weighted by Crippen LogP contribution is -2.47. The van der Waals surface area contributed by atoms with Crippen molar-refractivity contribution in [2.24, 2.45) is 0 Å². The molecule has 28 heavy (non-hydrogen) atoms. The van der Waals surface area contributed by atoms with E-state index in [4.69, 9.17) is 16.3 Å². The fourth-order valence-corrected chi connectivity index (χ4v) is 5.59. The summed E-state index contributed by atoms with van der Waals surface area (Å²) in [6.07, 6.45) is 1.29. The third-order valence-corrected chi connectivity index (χ3v) is 6.95. The molecule has 1 aromatic carbocycles. The summed E-state index contributed by atoms with van der Waals surface area (Å²) < 4.78 is 31.9. The lowest BCUT2D eigenvalue weighted by atomic mass is 10.2. The minimum Gasteiger partial charge on any atom is -0.495 e. The predicted octanol–water partition coefficient (Wildman–Crippen LogP) is 3.50. The second kappa shape index (κ2) is 9.77. The molecule has 2 aromatic rings. The van der Waals surface area contributed by atoms with E-state index in [1.807, 2.05) is 6.92 Å². The van der Waals surface area contributed by atoms with Crippen molar-refractivity contribution in [1.82, 2.24) is 10.2 Å². The molecule has 8 nitrogen and oxygen atoms in total. The van der Waals surface area contributed by atoms with Crippen molar-refractivity contribution in [3.05, 3.63) is 23.2 Å². The van der Waals surface area contributed by atoms with Crippen molar-refractivity contribution in [2.75, 3.05) is 28.7 Å². The van der Waals surface area contributed by atoms with Crippen LogP contribution >= 0.6 is 34.7 Å². The Kier molecular flexibility index (Phi) is 7.93. The first-order valence-electron chi connectivity index (χ1n) is 8.31. The van der Waals surface area contributed by atoms with Gasteiger partial charge in [0.05, 0.1) is 24.1 Å². The monoisotopic (exact) mass is 464 g/mol. The summed E-state index contributed by atoms with van der Waals surface area (Å²) in [4.78, 5) is 12.8. The number of carbonyl (C=O) groups is 1. The third-order valence-electron chi connectivity index (χ3n) is 3.62. The normalized spacial score (nSPS) is 12.5. The molecule has 0 spiro atoms. The van der Waals surface area contributed by atoms with E-state index in [1.165, 1.54) is 36.3 Å². The van der Waals surface area contributed by atoms with Gasteiger partial charge < -0.3 is 4.74 Å². The number of nitrogens with zero attached hydrogens (tertiary/aromatic N) is 3. The number of sulfonamides is 1. The molecule has 1 heterocycles. The Morgan fingerprint density at radius 3 is 2.64 bits per heavy atom. The van der Waals surface area contributed by atoms with E-state index in [9.17, 15) is 13.2 Å². The van der Waals surface area contributed by atoms with Crippen molar-refractivity contribution >= 4 is 61.4 Å². The highest BCUT2D eigenvalue weighted by molar-refractivity contribution is 8.01. The number of anilines is 2. The molecule has 0 saturated heterocycles. The molecule has 12 heteroatoms. The van der Waals surface area contributed by atoms with Gasteiger partial charge in [-0.25, -0.2) is 8.42 Å². The van der Waals surface area contributed by atoms with Crippen LogP contribution in [0.5, 0.6) is 5.75 Å². The van der Waals surface area contributed by atoms with Crippen molar-refractivity contribution in [1.29, 1.82) is 0 Å². The van der Waals surface area contributed by atoms with Gasteiger partial charge in [0.15, 0.2) is 4.34 Å². The van der Waals surface area contributed by atoms with Crippen molar-refractivity contribution in [3.8, 4) is 5.75 Å². The van der Waals surface area contributed by atoms with Crippen LogP contribution in [0.1, 0.15) is 20.3 Å². The molecule has 1 N–H and O–H groups in total. The van der Waals surface area contributed by atoms with Crippen LogP contribution in [0, 0.1) is 0 Å². The second-order valence-electron chi connectivity index (χ2n) is 5.60. The van der Waals surface area contributed by atoms with E-state index in [1.54, 1.807) is 19.1 Å². The van der Waals surface area contributed by atoms with Crippen LogP contribution in [-0.4, -0.2) is 49.7 Å². The van der Waals surface area contributed by atoms with Crippen molar-refractivity contribution in [3.63, 3.8) is 0 Å². The van der Waals surface area contributed by atoms with Gasteiger partial charge in [-0.3, -0.25) is 14.4 Å². The number of nitrogens with one attached hydrogen (secondary N) is 1. The minimum atomic E-state index is -3.77. The predicted molar refractivity (Wildman–Crippen MR) is 114 cm³/mol. The van der Waals surface area contributed by atoms with Gasteiger partial charge in [0.1, 0.15) is 11.8 Å². The quantitative estimate of drug-likeness (QED) is 0.447. The van der Waals surface area contributed by atoms with Crippen molar-refractivity contribution < 1.29 is 17.9 Å². The molecular weight excluding hydrogens is 444 g/mol. The van der Waals surface area contributed by atoms with E-state index in [0.717, 1.165) is 20.7 Å². The molecule has 2 rings (SSSR count). The Balaban J connectivity index is 2.34. The molecule has 0 bridgehead atoms. The van der Waals surface area contributed by atoms with Crippen LogP contribution in [0.3, 0.4) is 0 Å². The Morgan fingerprint density at radius 2 is 2.11 bits per heavy atom. The second-order valence-corrected chi connectivity index (χ2v) is 10.4. The van der Waals surface area contributed by atoms with E-state index < -0.39 is 22.0 Å². The molecular formula is C16H21ClN4O4S3. The van der Waals surface area contributed by atoms with Crippen LogP contribution in [-0.2, 0) is 14.8 Å². The summed E-state index contributed by atoms with van der Waals surface area (Å²) in [6.45, 7) is 3.72. The van der Waals surface area contributed by atoms with Crippen LogP contribution in [0.15, 0.2) is 22.5 Å². The van der Waals surface area contributed by atoms with Crippen molar-refractivity contribution in [2.45, 2.75) is 30.6 Å². The average molecular weight is 465 g/mol.